The number of aromatic nitrogens is 2. The van der Waals surface area contributed by atoms with Crippen molar-refractivity contribution in [3.8, 4) is 0 Å². The maximum absolute atomic E-state index is 11.6. The Hall–Kier alpha value is -2.70. The molecule has 0 saturated carbocycles. The number of anilines is 1. The van der Waals surface area contributed by atoms with Crippen LogP contribution in [0.4, 0.5) is 11.4 Å². The van der Waals surface area contributed by atoms with Gasteiger partial charge in [-0.2, -0.15) is 5.10 Å². The maximum Gasteiger partial charge on any atom is 0.292 e. The Kier molecular flexibility index (Phi) is 4.65. The molecule has 1 aromatic carbocycles. The van der Waals surface area contributed by atoms with Crippen LogP contribution in [0.15, 0.2) is 41.3 Å². The lowest BCUT2D eigenvalue weighted by Gasteiger charge is -2.08. The summed E-state index contributed by atoms with van der Waals surface area (Å²) < 4.78 is 1.26. The summed E-state index contributed by atoms with van der Waals surface area (Å²) in [6.45, 7) is 2.86. The molecule has 0 atom stereocenters. The average Bonchev–Trinajstić information content (AvgIpc) is 2.48. The first-order chi connectivity index (χ1) is 10.1. The fourth-order valence-corrected chi connectivity index (χ4v) is 1.91. The van der Waals surface area contributed by atoms with E-state index in [0.717, 1.165) is 6.42 Å². The van der Waals surface area contributed by atoms with Gasteiger partial charge in [0, 0.05) is 24.9 Å². The molecule has 0 unspecified atom stereocenters. The zero-order valence-electron chi connectivity index (χ0n) is 11.7. The molecule has 7 nitrogen and oxygen atoms in total. The van der Waals surface area contributed by atoms with Gasteiger partial charge in [0.1, 0.15) is 5.69 Å². The number of nitro benzene ring substituents is 1. The summed E-state index contributed by atoms with van der Waals surface area (Å²) in [7, 11) is 0. The number of hydrogen-bond acceptors (Lipinski definition) is 5. The summed E-state index contributed by atoms with van der Waals surface area (Å²) in [5.41, 5.74) is 0.904. The van der Waals surface area contributed by atoms with E-state index in [-0.39, 0.29) is 17.8 Å². The fourth-order valence-electron chi connectivity index (χ4n) is 1.91. The van der Waals surface area contributed by atoms with Gasteiger partial charge in [-0.05, 0) is 24.1 Å². The Morgan fingerprint density at radius 1 is 1.38 bits per heavy atom. The number of hydrogen-bond donors (Lipinski definition) is 1. The summed E-state index contributed by atoms with van der Waals surface area (Å²) in [5, 5.41) is 18.1. The van der Waals surface area contributed by atoms with Crippen molar-refractivity contribution >= 4 is 11.4 Å². The molecule has 0 bridgehead atoms. The Morgan fingerprint density at radius 2 is 2.19 bits per heavy atom. The molecule has 0 saturated heterocycles. The van der Waals surface area contributed by atoms with Crippen LogP contribution in [0.25, 0.3) is 0 Å². The summed E-state index contributed by atoms with van der Waals surface area (Å²) >= 11 is 0. The highest BCUT2D eigenvalue weighted by molar-refractivity contribution is 5.62. The number of benzene rings is 1. The molecule has 2 rings (SSSR count). The van der Waals surface area contributed by atoms with Gasteiger partial charge < -0.3 is 5.32 Å². The van der Waals surface area contributed by atoms with Gasteiger partial charge in [-0.3, -0.25) is 14.9 Å². The van der Waals surface area contributed by atoms with Crippen LogP contribution in [0.2, 0.25) is 0 Å². The molecule has 1 heterocycles. The van der Waals surface area contributed by atoms with Crippen molar-refractivity contribution in [2.24, 2.45) is 0 Å². The van der Waals surface area contributed by atoms with Crippen LogP contribution in [0.5, 0.6) is 0 Å². The molecule has 7 heteroatoms. The lowest BCUT2D eigenvalue weighted by molar-refractivity contribution is -0.384. The normalized spacial score (nSPS) is 10.3. The van der Waals surface area contributed by atoms with Crippen LogP contribution in [0.3, 0.4) is 0 Å². The van der Waals surface area contributed by atoms with E-state index in [9.17, 15) is 14.9 Å². The SMILES string of the molecule is CCCNc1ccc(Cn2ncccc2=O)cc1[N+](=O)[O-]. The zero-order valence-corrected chi connectivity index (χ0v) is 11.7. The third-order valence-electron chi connectivity index (χ3n) is 2.94. The predicted molar refractivity (Wildman–Crippen MR) is 79.5 cm³/mol. The van der Waals surface area contributed by atoms with Crippen LogP contribution in [-0.4, -0.2) is 21.2 Å². The van der Waals surface area contributed by atoms with Crippen LogP contribution in [0, 0.1) is 10.1 Å². The van der Waals surface area contributed by atoms with Crippen molar-refractivity contribution in [3.05, 3.63) is 62.6 Å². The second-order valence-corrected chi connectivity index (χ2v) is 4.55. The molecule has 0 aliphatic carbocycles. The number of nitrogens with zero attached hydrogens (tertiary/aromatic N) is 3. The third-order valence-corrected chi connectivity index (χ3v) is 2.94. The zero-order chi connectivity index (χ0) is 15.2. The first kappa shape index (κ1) is 14.7. The summed E-state index contributed by atoms with van der Waals surface area (Å²) in [4.78, 5) is 22.3. The highest BCUT2D eigenvalue weighted by Crippen LogP contribution is 2.25. The van der Waals surface area contributed by atoms with Gasteiger partial charge in [0.15, 0.2) is 0 Å². The number of rotatable bonds is 6. The van der Waals surface area contributed by atoms with E-state index in [1.807, 2.05) is 6.92 Å². The fraction of sp³-hybridized carbons (Fsp3) is 0.286. The Bertz CT molecular complexity index is 697. The van der Waals surface area contributed by atoms with Gasteiger partial charge >= 0.3 is 0 Å². The van der Waals surface area contributed by atoms with Gasteiger partial charge in [0.25, 0.3) is 11.2 Å². The second kappa shape index (κ2) is 6.65. The molecule has 0 fully saturated rings. The van der Waals surface area contributed by atoms with Crippen LogP contribution in [-0.2, 0) is 6.54 Å². The molecule has 1 N–H and O–H groups in total. The lowest BCUT2D eigenvalue weighted by atomic mass is 10.1. The van der Waals surface area contributed by atoms with Crippen LogP contribution >= 0.6 is 0 Å². The average molecular weight is 288 g/mol. The van der Waals surface area contributed by atoms with Crippen molar-refractivity contribution in [1.29, 1.82) is 0 Å². The van der Waals surface area contributed by atoms with Crippen molar-refractivity contribution in [1.82, 2.24) is 9.78 Å². The first-order valence-corrected chi connectivity index (χ1v) is 6.65. The molecule has 0 aliphatic rings. The largest absolute Gasteiger partial charge is 0.380 e. The van der Waals surface area contributed by atoms with Gasteiger partial charge in [-0.1, -0.05) is 13.0 Å². The van der Waals surface area contributed by atoms with E-state index in [0.29, 0.717) is 17.8 Å². The molecular weight excluding hydrogens is 272 g/mol. The monoisotopic (exact) mass is 288 g/mol. The van der Waals surface area contributed by atoms with Crippen molar-refractivity contribution in [2.45, 2.75) is 19.9 Å². The van der Waals surface area contributed by atoms with Crippen LogP contribution < -0.4 is 10.9 Å². The number of nitro groups is 1. The topological polar surface area (TPSA) is 90.1 Å². The molecule has 1 aromatic heterocycles. The maximum atomic E-state index is 11.6. The highest BCUT2D eigenvalue weighted by Gasteiger charge is 2.14. The Labute approximate surface area is 121 Å². The van der Waals surface area contributed by atoms with Gasteiger partial charge in [0.05, 0.1) is 11.5 Å². The molecular formula is C14H16N4O3. The van der Waals surface area contributed by atoms with Gasteiger partial charge in [0.2, 0.25) is 0 Å². The minimum Gasteiger partial charge on any atom is -0.380 e. The highest BCUT2D eigenvalue weighted by atomic mass is 16.6. The Morgan fingerprint density at radius 3 is 2.86 bits per heavy atom. The summed E-state index contributed by atoms with van der Waals surface area (Å²) in [6, 6.07) is 7.85. The number of nitrogens with one attached hydrogen (secondary N) is 1. The third kappa shape index (κ3) is 3.65. The molecule has 21 heavy (non-hydrogen) atoms. The van der Waals surface area contributed by atoms with Crippen molar-refractivity contribution in [3.63, 3.8) is 0 Å². The summed E-state index contributed by atoms with van der Waals surface area (Å²) in [6.07, 6.45) is 2.38. The smallest absolute Gasteiger partial charge is 0.292 e. The summed E-state index contributed by atoms with van der Waals surface area (Å²) in [5.74, 6) is 0. The van der Waals surface area contributed by atoms with E-state index in [1.165, 1.54) is 23.0 Å². The molecule has 0 aliphatic heterocycles. The molecule has 0 amide bonds. The van der Waals surface area contributed by atoms with Crippen LogP contribution in [0.1, 0.15) is 18.9 Å². The van der Waals surface area contributed by atoms with Crippen molar-refractivity contribution < 1.29 is 4.92 Å². The predicted octanol–water partition coefficient (Wildman–Crippen LogP) is 2.02. The Balaban J connectivity index is 2.30. The minimum atomic E-state index is -0.428. The van der Waals surface area contributed by atoms with Gasteiger partial charge in [-0.15, -0.1) is 0 Å². The van der Waals surface area contributed by atoms with E-state index in [2.05, 4.69) is 10.4 Å². The van der Waals surface area contributed by atoms with E-state index >= 15 is 0 Å². The van der Waals surface area contributed by atoms with Gasteiger partial charge in [-0.25, -0.2) is 4.68 Å². The molecule has 0 spiro atoms. The molecule has 110 valence electrons. The molecule has 0 radical (unpaired) electrons. The van der Waals surface area contributed by atoms with E-state index in [1.54, 1.807) is 18.2 Å². The lowest BCUT2D eigenvalue weighted by Crippen LogP contribution is -2.21. The molecule has 2 aromatic rings. The first-order valence-electron chi connectivity index (χ1n) is 6.65. The van der Waals surface area contributed by atoms with Crippen molar-refractivity contribution in [2.75, 3.05) is 11.9 Å². The second-order valence-electron chi connectivity index (χ2n) is 4.55. The van der Waals surface area contributed by atoms with E-state index in [4.69, 9.17) is 0 Å². The standard InChI is InChI=1S/C14H16N4O3/c1-2-7-15-12-6-5-11(9-13(12)18(20)21)10-17-14(19)4-3-8-16-17/h3-6,8-9,15H,2,7,10H2,1H3. The minimum absolute atomic E-state index is 0.00456. The van der Waals surface area contributed by atoms with E-state index < -0.39 is 4.92 Å². The quantitative estimate of drug-likeness (QED) is 0.648.